The quantitative estimate of drug-likeness (QED) is 0.441. The van der Waals surface area contributed by atoms with E-state index in [4.69, 9.17) is 23.7 Å². The van der Waals surface area contributed by atoms with E-state index >= 15 is 0 Å². The molecule has 0 N–H and O–H groups in total. The van der Waals surface area contributed by atoms with Gasteiger partial charge in [0.05, 0.1) is 19.6 Å². The number of hydrogen-bond acceptors (Lipinski definition) is 6. The molecule has 0 saturated carbocycles. The van der Waals surface area contributed by atoms with Crippen LogP contribution < -0.4 is 23.7 Å². The molecule has 0 saturated heterocycles. The Morgan fingerprint density at radius 2 is 1.75 bits per heavy atom. The lowest BCUT2D eigenvalue weighted by molar-refractivity contribution is -0.135. The summed E-state index contributed by atoms with van der Waals surface area (Å²) in [5.74, 6) is 3.12. The summed E-state index contributed by atoms with van der Waals surface area (Å²) >= 11 is 0. The van der Waals surface area contributed by atoms with Gasteiger partial charge in [-0.1, -0.05) is 30.3 Å². The van der Waals surface area contributed by atoms with Crippen LogP contribution in [0.4, 0.5) is 0 Å². The van der Waals surface area contributed by atoms with E-state index in [0.717, 1.165) is 42.1 Å². The summed E-state index contributed by atoms with van der Waals surface area (Å²) in [7, 11) is 0. The number of benzene rings is 3. The van der Waals surface area contributed by atoms with Crippen molar-refractivity contribution in [1.29, 1.82) is 0 Å². The maximum atomic E-state index is 12.4. The lowest BCUT2D eigenvalue weighted by Gasteiger charge is -2.26. The molecule has 3 aliphatic rings. The summed E-state index contributed by atoms with van der Waals surface area (Å²) in [4.78, 5) is 12.4. The Balaban J connectivity index is 1.25. The lowest BCUT2D eigenvalue weighted by Crippen LogP contribution is -2.21. The van der Waals surface area contributed by atoms with E-state index in [1.807, 2.05) is 36.4 Å². The predicted octanol–water partition coefficient (Wildman–Crippen LogP) is 4.41. The molecule has 162 valence electrons. The molecule has 0 radical (unpaired) electrons. The number of rotatable bonds is 5. The number of para-hydroxylation sites is 1. The minimum Gasteiger partial charge on any atom is -0.493 e. The van der Waals surface area contributed by atoms with Crippen molar-refractivity contribution in [3.63, 3.8) is 0 Å². The largest absolute Gasteiger partial charge is 0.493 e. The second kappa shape index (κ2) is 7.79. The summed E-state index contributed by atoms with van der Waals surface area (Å²) in [6.45, 7) is 1.47. The number of carbonyl (C=O) groups is 1. The maximum Gasteiger partial charge on any atom is 0.312 e. The fourth-order valence-electron chi connectivity index (χ4n) is 4.59. The number of esters is 1. The molecule has 0 bridgehead atoms. The molecule has 6 rings (SSSR count). The minimum atomic E-state index is -0.267. The predicted molar refractivity (Wildman–Crippen MR) is 116 cm³/mol. The summed E-state index contributed by atoms with van der Waals surface area (Å²) in [6, 6.07) is 17.9. The Morgan fingerprint density at radius 3 is 2.69 bits per heavy atom. The molecule has 3 aromatic carbocycles. The molecule has 0 spiro atoms. The van der Waals surface area contributed by atoms with E-state index in [2.05, 4.69) is 12.1 Å². The highest BCUT2D eigenvalue weighted by atomic mass is 16.7. The Hall–Kier alpha value is -3.67. The van der Waals surface area contributed by atoms with Crippen LogP contribution in [0.1, 0.15) is 34.6 Å². The van der Waals surface area contributed by atoms with Crippen LogP contribution >= 0.6 is 0 Å². The summed E-state index contributed by atoms with van der Waals surface area (Å²) < 4.78 is 28.3. The van der Waals surface area contributed by atoms with Gasteiger partial charge in [0.25, 0.3) is 0 Å². The topological polar surface area (TPSA) is 63.2 Å². The van der Waals surface area contributed by atoms with Crippen molar-refractivity contribution in [2.24, 2.45) is 0 Å². The van der Waals surface area contributed by atoms with Gasteiger partial charge < -0.3 is 23.7 Å². The van der Waals surface area contributed by atoms with Crippen molar-refractivity contribution in [1.82, 2.24) is 0 Å². The normalized spacial score (nSPS) is 17.9. The summed E-state index contributed by atoms with van der Waals surface area (Å²) in [6.07, 6.45) is 2.00. The molecular formula is C26H22O6. The van der Waals surface area contributed by atoms with Gasteiger partial charge in [-0.3, -0.25) is 4.79 Å². The average molecular weight is 430 g/mol. The standard InChI is InChI=1S/C26H22O6/c27-26-13-19(20-12-24-25(31-15-30-24)14-23(20)32-26)18-3-1-2-4-22(18)29-9-7-16-5-6-21-17(11-16)8-10-28-21/h1-6,11-12,14,19H,7-10,13,15H2. The third-order valence-corrected chi connectivity index (χ3v) is 6.17. The van der Waals surface area contributed by atoms with Gasteiger partial charge in [-0.05, 0) is 29.3 Å². The molecule has 1 atom stereocenters. The highest BCUT2D eigenvalue weighted by Crippen LogP contribution is 2.47. The molecule has 3 heterocycles. The first-order chi connectivity index (χ1) is 15.7. The van der Waals surface area contributed by atoms with Crippen molar-refractivity contribution < 1.29 is 28.5 Å². The maximum absolute atomic E-state index is 12.4. The van der Waals surface area contributed by atoms with Gasteiger partial charge in [0.15, 0.2) is 11.5 Å². The third-order valence-electron chi connectivity index (χ3n) is 6.17. The highest BCUT2D eigenvalue weighted by Gasteiger charge is 2.33. The first kappa shape index (κ1) is 19.0. The van der Waals surface area contributed by atoms with Gasteiger partial charge in [-0.15, -0.1) is 0 Å². The monoisotopic (exact) mass is 430 g/mol. The van der Waals surface area contributed by atoms with Crippen LogP contribution in [0.15, 0.2) is 54.6 Å². The summed E-state index contributed by atoms with van der Waals surface area (Å²) in [5, 5.41) is 0. The van der Waals surface area contributed by atoms with Crippen LogP contribution in [0.5, 0.6) is 28.7 Å². The smallest absolute Gasteiger partial charge is 0.312 e. The Kier molecular flexibility index (Phi) is 4.63. The van der Waals surface area contributed by atoms with Crippen LogP contribution in [0.25, 0.3) is 0 Å². The number of carbonyl (C=O) groups excluding carboxylic acids is 1. The van der Waals surface area contributed by atoms with Crippen LogP contribution in [-0.4, -0.2) is 26.0 Å². The van der Waals surface area contributed by atoms with Crippen molar-refractivity contribution in [3.05, 3.63) is 76.9 Å². The fraction of sp³-hybridized carbons (Fsp3) is 0.269. The van der Waals surface area contributed by atoms with Crippen LogP contribution in [0, 0.1) is 0 Å². The van der Waals surface area contributed by atoms with Gasteiger partial charge in [0.2, 0.25) is 6.79 Å². The zero-order valence-corrected chi connectivity index (χ0v) is 17.5. The fourth-order valence-corrected chi connectivity index (χ4v) is 4.59. The van der Waals surface area contributed by atoms with Crippen molar-refractivity contribution in [2.45, 2.75) is 25.2 Å². The van der Waals surface area contributed by atoms with Gasteiger partial charge in [0.1, 0.15) is 17.2 Å². The second-order valence-electron chi connectivity index (χ2n) is 8.15. The van der Waals surface area contributed by atoms with Crippen molar-refractivity contribution in [2.75, 3.05) is 20.0 Å². The molecule has 32 heavy (non-hydrogen) atoms. The molecule has 0 fully saturated rings. The van der Waals surface area contributed by atoms with E-state index in [1.165, 1.54) is 11.1 Å². The van der Waals surface area contributed by atoms with Crippen molar-refractivity contribution in [3.8, 4) is 28.7 Å². The molecule has 0 amide bonds. The SMILES string of the molecule is O=C1CC(c2ccccc2OCCc2ccc3c(c2)CCO3)c2cc3c(cc2O1)OCO3. The molecule has 3 aliphatic heterocycles. The van der Waals surface area contributed by atoms with Crippen LogP contribution in [0.3, 0.4) is 0 Å². The Morgan fingerprint density at radius 1 is 0.875 bits per heavy atom. The molecule has 6 heteroatoms. The van der Waals surface area contributed by atoms with E-state index in [1.54, 1.807) is 6.07 Å². The van der Waals surface area contributed by atoms with Gasteiger partial charge in [-0.25, -0.2) is 0 Å². The molecule has 0 aromatic heterocycles. The minimum absolute atomic E-state index is 0.172. The lowest BCUT2D eigenvalue weighted by atomic mass is 9.85. The third kappa shape index (κ3) is 3.42. The second-order valence-corrected chi connectivity index (χ2v) is 8.15. The van der Waals surface area contributed by atoms with Gasteiger partial charge in [-0.2, -0.15) is 0 Å². The van der Waals surface area contributed by atoms with E-state index in [-0.39, 0.29) is 25.1 Å². The molecule has 0 aliphatic carbocycles. The number of fused-ring (bicyclic) bond motifs is 3. The van der Waals surface area contributed by atoms with Crippen LogP contribution in [-0.2, 0) is 17.6 Å². The first-order valence-corrected chi connectivity index (χ1v) is 10.8. The van der Waals surface area contributed by atoms with E-state index < -0.39 is 0 Å². The zero-order valence-electron chi connectivity index (χ0n) is 17.5. The Bertz CT molecular complexity index is 1200. The molecular weight excluding hydrogens is 408 g/mol. The number of ether oxygens (including phenoxy) is 5. The molecule has 3 aromatic rings. The number of hydrogen-bond donors (Lipinski definition) is 0. The molecule has 6 nitrogen and oxygen atoms in total. The zero-order chi connectivity index (χ0) is 21.5. The van der Waals surface area contributed by atoms with Crippen molar-refractivity contribution >= 4 is 5.97 Å². The van der Waals surface area contributed by atoms with Crippen LogP contribution in [0.2, 0.25) is 0 Å². The Labute approximate surface area is 185 Å². The van der Waals surface area contributed by atoms with E-state index in [0.29, 0.717) is 23.9 Å². The van der Waals surface area contributed by atoms with E-state index in [9.17, 15) is 4.79 Å². The first-order valence-electron chi connectivity index (χ1n) is 10.8. The van der Waals surface area contributed by atoms with Gasteiger partial charge in [0, 0.05) is 36.0 Å². The van der Waals surface area contributed by atoms with Gasteiger partial charge >= 0.3 is 5.97 Å². The molecule has 1 unspecified atom stereocenters. The summed E-state index contributed by atoms with van der Waals surface area (Å²) in [5.41, 5.74) is 4.36. The average Bonchev–Trinajstić information content (AvgIpc) is 3.46. The highest BCUT2D eigenvalue weighted by molar-refractivity contribution is 5.79.